The SMILES string of the molecule is O=C(O)c1ccc(NC(=O)C(F)CN2C(=O)/C(=C/c3cccc(-c4cc(C(F)(F)F)cc(C(F)(F)F)c4)n3)SC2=S)cc1. The topological polar surface area (TPSA) is 99.6 Å². The van der Waals surface area contributed by atoms with Gasteiger partial charge in [-0.1, -0.05) is 30.0 Å². The Labute approximate surface area is 247 Å². The maximum atomic E-state index is 14.8. The van der Waals surface area contributed by atoms with Gasteiger partial charge in [-0.15, -0.1) is 0 Å². The maximum Gasteiger partial charge on any atom is 0.416 e. The molecule has 2 aromatic carbocycles. The number of thioether (sulfide) groups is 1. The normalized spacial score (nSPS) is 15.6. The van der Waals surface area contributed by atoms with Gasteiger partial charge in [-0.05, 0) is 60.7 Å². The fourth-order valence-corrected chi connectivity index (χ4v) is 5.01. The number of benzene rings is 2. The van der Waals surface area contributed by atoms with Gasteiger partial charge in [-0.25, -0.2) is 14.2 Å². The number of thiocarbonyl (C=S) groups is 1. The molecule has 0 saturated carbocycles. The number of pyridine rings is 1. The summed E-state index contributed by atoms with van der Waals surface area (Å²) in [6, 6.07) is 9.78. The van der Waals surface area contributed by atoms with Gasteiger partial charge in [-0.3, -0.25) is 14.5 Å². The number of amides is 2. The van der Waals surface area contributed by atoms with E-state index in [2.05, 4.69) is 10.3 Å². The third kappa shape index (κ3) is 7.56. The van der Waals surface area contributed by atoms with Crippen molar-refractivity contribution >= 4 is 57.8 Å². The van der Waals surface area contributed by atoms with Crippen LogP contribution in [0.3, 0.4) is 0 Å². The van der Waals surface area contributed by atoms with Crippen molar-refractivity contribution < 1.29 is 50.2 Å². The van der Waals surface area contributed by atoms with Gasteiger partial charge >= 0.3 is 18.3 Å². The highest BCUT2D eigenvalue weighted by atomic mass is 32.2. The lowest BCUT2D eigenvalue weighted by molar-refractivity contribution is -0.143. The summed E-state index contributed by atoms with van der Waals surface area (Å²) < 4.78 is 94.3. The van der Waals surface area contributed by atoms with Gasteiger partial charge in [0.2, 0.25) is 0 Å². The molecule has 2 amide bonds. The summed E-state index contributed by atoms with van der Waals surface area (Å²) in [7, 11) is 0. The number of carboxylic acid groups (broad SMARTS) is 1. The third-order valence-electron chi connectivity index (χ3n) is 5.83. The molecule has 0 aliphatic carbocycles. The molecule has 4 rings (SSSR count). The zero-order valence-electron chi connectivity index (χ0n) is 21.2. The smallest absolute Gasteiger partial charge is 0.416 e. The lowest BCUT2D eigenvalue weighted by Crippen LogP contribution is -2.39. The number of nitrogens with one attached hydrogen (secondary N) is 1. The van der Waals surface area contributed by atoms with E-state index in [-0.39, 0.29) is 37.9 Å². The van der Waals surface area contributed by atoms with Crippen LogP contribution < -0.4 is 5.32 Å². The Morgan fingerprint density at radius 2 is 1.60 bits per heavy atom. The largest absolute Gasteiger partial charge is 0.478 e. The quantitative estimate of drug-likeness (QED) is 0.169. The molecule has 2 N–H and O–H groups in total. The van der Waals surface area contributed by atoms with E-state index >= 15 is 0 Å². The second kappa shape index (κ2) is 12.1. The first-order valence-electron chi connectivity index (χ1n) is 11.8. The number of carbonyl (C=O) groups is 3. The summed E-state index contributed by atoms with van der Waals surface area (Å²) >= 11 is 5.85. The zero-order chi connectivity index (χ0) is 31.7. The summed E-state index contributed by atoms with van der Waals surface area (Å²) in [5.41, 5.74) is -3.70. The van der Waals surface area contributed by atoms with Gasteiger partial charge in [0.25, 0.3) is 11.8 Å². The Morgan fingerprint density at radius 3 is 2.16 bits per heavy atom. The van der Waals surface area contributed by atoms with Crippen molar-refractivity contribution in [3.8, 4) is 11.3 Å². The fraction of sp³-hybridized carbons (Fsp3) is 0.148. The minimum Gasteiger partial charge on any atom is -0.478 e. The van der Waals surface area contributed by atoms with Gasteiger partial charge in [-0.2, -0.15) is 26.3 Å². The highest BCUT2D eigenvalue weighted by Crippen LogP contribution is 2.39. The van der Waals surface area contributed by atoms with E-state index < -0.39 is 59.5 Å². The van der Waals surface area contributed by atoms with Crippen LogP contribution in [0.1, 0.15) is 27.2 Å². The van der Waals surface area contributed by atoms with Crippen molar-refractivity contribution in [2.45, 2.75) is 18.5 Å². The number of carbonyl (C=O) groups excluding carboxylic acids is 2. The third-order valence-corrected chi connectivity index (χ3v) is 7.21. The van der Waals surface area contributed by atoms with E-state index in [0.717, 1.165) is 16.7 Å². The maximum absolute atomic E-state index is 14.8. The van der Waals surface area contributed by atoms with Crippen molar-refractivity contribution in [3.63, 3.8) is 0 Å². The number of rotatable bonds is 7. The molecule has 43 heavy (non-hydrogen) atoms. The number of aromatic nitrogens is 1. The molecule has 16 heteroatoms. The minimum atomic E-state index is -5.06. The zero-order valence-corrected chi connectivity index (χ0v) is 22.8. The summed E-state index contributed by atoms with van der Waals surface area (Å²) in [6.07, 6.45) is -11.2. The van der Waals surface area contributed by atoms with E-state index in [4.69, 9.17) is 17.3 Å². The Balaban J connectivity index is 1.51. The van der Waals surface area contributed by atoms with E-state index in [1.165, 1.54) is 48.5 Å². The van der Waals surface area contributed by atoms with Crippen molar-refractivity contribution in [3.05, 3.63) is 88.0 Å². The molecule has 1 aromatic heterocycles. The minimum absolute atomic E-state index is 0.00779. The molecule has 0 bridgehead atoms. The van der Waals surface area contributed by atoms with Crippen LogP contribution in [0.4, 0.5) is 36.4 Å². The number of halogens is 7. The van der Waals surface area contributed by atoms with Crippen molar-refractivity contribution in [1.82, 2.24) is 9.88 Å². The number of alkyl halides is 7. The Kier molecular flexibility index (Phi) is 8.92. The molecule has 1 atom stereocenters. The van der Waals surface area contributed by atoms with Crippen LogP contribution >= 0.6 is 24.0 Å². The summed E-state index contributed by atoms with van der Waals surface area (Å²) in [5.74, 6) is -3.13. The Bertz CT molecular complexity index is 1610. The second-order valence-corrected chi connectivity index (χ2v) is 10.5. The Hall–Kier alpha value is -4.31. The van der Waals surface area contributed by atoms with Crippen molar-refractivity contribution in [2.24, 2.45) is 0 Å². The highest BCUT2D eigenvalue weighted by molar-refractivity contribution is 8.26. The molecular weight excluding hydrogens is 627 g/mol. The van der Waals surface area contributed by atoms with E-state index in [1.54, 1.807) is 0 Å². The van der Waals surface area contributed by atoms with E-state index in [1.807, 2.05) is 0 Å². The molecular formula is C27H16F7N3O4S2. The standard InChI is InChI=1S/C27H16F7N3O4S2/c28-19(22(38)36-17-6-4-13(5-7-17)24(40)41)12-37-23(39)21(43-25(37)42)11-18-2-1-3-20(35-18)14-8-15(26(29,30)31)10-16(9-14)27(32,33)34/h1-11,19H,12H2,(H,36,38)(H,40,41)/b21-11-. The molecule has 224 valence electrons. The van der Waals surface area contributed by atoms with E-state index in [0.29, 0.717) is 12.1 Å². The van der Waals surface area contributed by atoms with E-state index in [9.17, 15) is 45.1 Å². The molecule has 1 aliphatic rings. The molecule has 1 saturated heterocycles. The van der Waals surface area contributed by atoms with Crippen LogP contribution in [-0.4, -0.2) is 49.8 Å². The molecule has 0 spiro atoms. The van der Waals surface area contributed by atoms with Crippen LogP contribution in [0.2, 0.25) is 0 Å². The molecule has 1 fully saturated rings. The number of hydrogen-bond acceptors (Lipinski definition) is 6. The van der Waals surface area contributed by atoms with Crippen LogP contribution in [-0.2, 0) is 21.9 Å². The average Bonchev–Trinajstić information content (AvgIpc) is 3.19. The van der Waals surface area contributed by atoms with Crippen molar-refractivity contribution in [1.29, 1.82) is 0 Å². The molecule has 0 radical (unpaired) electrons. The number of nitrogens with zero attached hydrogens (tertiary/aromatic N) is 2. The van der Waals surface area contributed by atoms with Gasteiger partial charge in [0, 0.05) is 11.3 Å². The number of aromatic carboxylic acids is 1. The van der Waals surface area contributed by atoms with Gasteiger partial charge in [0.15, 0.2) is 6.17 Å². The van der Waals surface area contributed by atoms with Crippen LogP contribution in [0.25, 0.3) is 17.3 Å². The highest BCUT2D eigenvalue weighted by Gasteiger charge is 2.38. The predicted octanol–water partition coefficient (Wildman–Crippen LogP) is 6.66. The summed E-state index contributed by atoms with van der Waals surface area (Å²) in [6.45, 7) is -0.765. The lowest BCUT2D eigenvalue weighted by atomic mass is 10.0. The van der Waals surface area contributed by atoms with Crippen LogP contribution in [0.5, 0.6) is 0 Å². The Morgan fingerprint density at radius 1 is 1.00 bits per heavy atom. The van der Waals surface area contributed by atoms with Crippen molar-refractivity contribution in [2.75, 3.05) is 11.9 Å². The number of hydrogen-bond donors (Lipinski definition) is 2. The molecule has 1 unspecified atom stereocenters. The molecule has 2 heterocycles. The molecule has 7 nitrogen and oxygen atoms in total. The fourth-order valence-electron chi connectivity index (χ4n) is 3.75. The first-order valence-corrected chi connectivity index (χ1v) is 13.1. The van der Waals surface area contributed by atoms with Crippen LogP contribution in [0.15, 0.2) is 65.6 Å². The lowest BCUT2D eigenvalue weighted by Gasteiger charge is -2.17. The monoisotopic (exact) mass is 643 g/mol. The molecule has 3 aromatic rings. The average molecular weight is 644 g/mol. The first kappa shape index (κ1) is 31.6. The predicted molar refractivity (Wildman–Crippen MR) is 146 cm³/mol. The first-order chi connectivity index (χ1) is 20.0. The van der Waals surface area contributed by atoms with Gasteiger partial charge in [0.05, 0.1) is 39.5 Å². The molecule has 1 aliphatic heterocycles. The number of carboxylic acids is 1. The summed E-state index contributed by atoms with van der Waals surface area (Å²) in [5, 5.41) is 11.2. The van der Waals surface area contributed by atoms with Gasteiger partial charge in [0.1, 0.15) is 4.32 Å². The summed E-state index contributed by atoms with van der Waals surface area (Å²) in [4.78, 5) is 41.0. The van der Waals surface area contributed by atoms with Gasteiger partial charge < -0.3 is 10.4 Å². The number of anilines is 1. The van der Waals surface area contributed by atoms with Crippen LogP contribution in [0, 0.1) is 0 Å². The second-order valence-electron chi connectivity index (χ2n) is 8.87.